The zero-order chi connectivity index (χ0) is 14.3. The highest BCUT2D eigenvalue weighted by molar-refractivity contribution is 5.77. The van der Waals surface area contributed by atoms with E-state index < -0.39 is 0 Å². The quantitative estimate of drug-likeness (QED) is 0.847. The fourth-order valence-electron chi connectivity index (χ4n) is 3.53. The van der Waals surface area contributed by atoms with Crippen molar-refractivity contribution in [2.45, 2.75) is 37.8 Å². The Kier molecular flexibility index (Phi) is 3.42. The minimum atomic E-state index is 0.0220. The van der Waals surface area contributed by atoms with E-state index in [2.05, 4.69) is 30.1 Å². The van der Waals surface area contributed by atoms with Gasteiger partial charge in [-0.3, -0.25) is 4.79 Å². The Hall–Kier alpha value is -1.55. The standard InChI is InChI=1S/C16H23N3O/c1-18-9-3-4-11-10-12(5-7-14(11)18)16-13(17)6-8-15(20)19(16)2/h5,7,10,13,16H,3-4,6,8-9,17H2,1-2H3. The second-order valence-electron chi connectivity index (χ2n) is 6.07. The average Bonchev–Trinajstić information content (AvgIpc) is 2.44. The van der Waals surface area contributed by atoms with E-state index in [1.807, 2.05) is 11.9 Å². The lowest BCUT2D eigenvalue weighted by molar-refractivity contribution is -0.135. The van der Waals surface area contributed by atoms with Crippen molar-refractivity contribution in [3.63, 3.8) is 0 Å². The molecule has 1 aromatic carbocycles. The highest BCUT2D eigenvalue weighted by Crippen LogP contribution is 2.34. The predicted molar refractivity (Wildman–Crippen MR) is 80.8 cm³/mol. The fraction of sp³-hybridized carbons (Fsp3) is 0.562. The predicted octanol–water partition coefficient (Wildman–Crippen LogP) is 1.69. The second kappa shape index (κ2) is 5.09. The lowest BCUT2D eigenvalue weighted by Crippen LogP contribution is -2.46. The van der Waals surface area contributed by atoms with E-state index in [4.69, 9.17) is 5.73 Å². The third-order valence-electron chi connectivity index (χ3n) is 4.70. The number of rotatable bonds is 1. The molecule has 0 saturated carbocycles. The first-order valence-electron chi connectivity index (χ1n) is 7.43. The van der Waals surface area contributed by atoms with E-state index in [1.54, 1.807) is 0 Å². The number of amides is 1. The first-order chi connectivity index (χ1) is 9.58. The van der Waals surface area contributed by atoms with Crippen molar-refractivity contribution >= 4 is 11.6 Å². The van der Waals surface area contributed by atoms with E-state index >= 15 is 0 Å². The number of carbonyl (C=O) groups excluding carboxylic acids is 1. The van der Waals surface area contributed by atoms with Gasteiger partial charge in [0, 0.05) is 38.8 Å². The van der Waals surface area contributed by atoms with E-state index in [0.29, 0.717) is 6.42 Å². The molecule has 2 atom stereocenters. The molecule has 0 bridgehead atoms. The van der Waals surface area contributed by atoms with Gasteiger partial charge in [0.1, 0.15) is 0 Å². The summed E-state index contributed by atoms with van der Waals surface area (Å²) < 4.78 is 0. The van der Waals surface area contributed by atoms with Crippen LogP contribution < -0.4 is 10.6 Å². The number of fused-ring (bicyclic) bond motifs is 1. The van der Waals surface area contributed by atoms with Crippen LogP contribution in [0.25, 0.3) is 0 Å². The highest BCUT2D eigenvalue weighted by Gasteiger charge is 2.32. The van der Waals surface area contributed by atoms with Crippen LogP contribution in [0.4, 0.5) is 5.69 Å². The van der Waals surface area contributed by atoms with Gasteiger partial charge in [0.05, 0.1) is 6.04 Å². The van der Waals surface area contributed by atoms with Crippen molar-refractivity contribution in [2.75, 3.05) is 25.5 Å². The van der Waals surface area contributed by atoms with E-state index in [9.17, 15) is 4.79 Å². The molecule has 2 aliphatic heterocycles. The summed E-state index contributed by atoms with van der Waals surface area (Å²) in [6, 6.07) is 6.64. The summed E-state index contributed by atoms with van der Waals surface area (Å²) in [5.74, 6) is 0.200. The molecule has 1 saturated heterocycles. The van der Waals surface area contributed by atoms with Gasteiger partial charge in [-0.05, 0) is 36.5 Å². The topological polar surface area (TPSA) is 49.6 Å². The molecule has 0 aliphatic carbocycles. The molecule has 0 aromatic heterocycles. The second-order valence-corrected chi connectivity index (χ2v) is 6.07. The number of likely N-dealkylation sites (N-methyl/N-ethyl adjacent to an activating group) is 1. The smallest absolute Gasteiger partial charge is 0.222 e. The van der Waals surface area contributed by atoms with Crippen LogP contribution in [0.1, 0.15) is 36.4 Å². The monoisotopic (exact) mass is 273 g/mol. The largest absolute Gasteiger partial charge is 0.374 e. The van der Waals surface area contributed by atoms with Crippen LogP contribution in [0.3, 0.4) is 0 Å². The summed E-state index contributed by atoms with van der Waals surface area (Å²) >= 11 is 0. The molecule has 108 valence electrons. The maximum Gasteiger partial charge on any atom is 0.222 e. The van der Waals surface area contributed by atoms with Crippen LogP contribution in [0.15, 0.2) is 18.2 Å². The molecule has 0 spiro atoms. The van der Waals surface area contributed by atoms with E-state index in [0.717, 1.165) is 19.4 Å². The van der Waals surface area contributed by atoms with Crippen LogP contribution in [0.2, 0.25) is 0 Å². The summed E-state index contributed by atoms with van der Waals surface area (Å²) in [6.45, 7) is 1.12. The average molecular weight is 273 g/mol. The number of likely N-dealkylation sites (tertiary alicyclic amines) is 1. The molecule has 2 aliphatic rings. The number of hydrogen-bond acceptors (Lipinski definition) is 3. The van der Waals surface area contributed by atoms with Crippen LogP contribution >= 0.6 is 0 Å². The molecule has 2 N–H and O–H groups in total. The molecule has 2 heterocycles. The minimum absolute atomic E-state index is 0.0220. The minimum Gasteiger partial charge on any atom is -0.374 e. The Balaban J connectivity index is 1.95. The Morgan fingerprint density at radius 2 is 2.05 bits per heavy atom. The molecule has 0 radical (unpaired) electrons. The van der Waals surface area contributed by atoms with Crippen molar-refractivity contribution < 1.29 is 4.79 Å². The zero-order valence-corrected chi connectivity index (χ0v) is 12.3. The Morgan fingerprint density at radius 1 is 1.25 bits per heavy atom. The third-order valence-corrected chi connectivity index (χ3v) is 4.70. The molecule has 1 aromatic rings. The summed E-state index contributed by atoms with van der Waals surface area (Å²) in [6.07, 6.45) is 3.66. The molecule has 4 heteroatoms. The molecule has 20 heavy (non-hydrogen) atoms. The van der Waals surface area contributed by atoms with Gasteiger partial charge in [-0.2, -0.15) is 0 Å². The van der Waals surface area contributed by atoms with Gasteiger partial charge < -0.3 is 15.5 Å². The Bertz CT molecular complexity index is 528. The van der Waals surface area contributed by atoms with E-state index in [1.165, 1.54) is 23.2 Å². The summed E-state index contributed by atoms with van der Waals surface area (Å²) in [4.78, 5) is 16.1. The molecule has 3 rings (SSSR count). The van der Waals surface area contributed by atoms with Gasteiger partial charge in [0.15, 0.2) is 0 Å². The summed E-state index contributed by atoms with van der Waals surface area (Å²) in [7, 11) is 4.01. The van der Waals surface area contributed by atoms with Gasteiger partial charge in [0.2, 0.25) is 5.91 Å². The maximum atomic E-state index is 11.9. The fourth-order valence-corrected chi connectivity index (χ4v) is 3.53. The van der Waals surface area contributed by atoms with Crippen LogP contribution in [-0.2, 0) is 11.2 Å². The lowest BCUT2D eigenvalue weighted by Gasteiger charge is -2.38. The lowest BCUT2D eigenvalue weighted by atomic mass is 9.88. The first-order valence-corrected chi connectivity index (χ1v) is 7.43. The molecular formula is C16H23N3O. The Labute approximate surface area is 120 Å². The van der Waals surface area contributed by atoms with Crippen molar-refractivity contribution in [2.24, 2.45) is 5.73 Å². The van der Waals surface area contributed by atoms with Crippen molar-refractivity contribution in [3.8, 4) is 0 Å². The SMILES string of the molecule is CN1CCCc2cc(C3C(N)CCC(=O)N3C)ccc21. The molecule has 4 nitrogen and oxygen atoms in total. The third kappa shape index (κ3) is 2.18. The van der Waals surface area contributed by atoms with Gasteiger partial charge in [0.25, 0.3) is 0 Å². The number of carbonyl (C=O) groups is 1. The van der Waals surface area contributed by atoms with Crippen molar-refractivity contribution in [1.82, 2.24) is 4.90 Å². The van der Waals surface area contributed by atoms with Gasteiger partial charge >= 0.3 is 0 Å². The van der Waals surface area contributed by atoms with Gasteiger partial charge in [-0.25, -0.2) is 0 Å². The number of nitrogens with two attached hydrogens (primary N) is 1. The zero-order valence-electron chi connectivity index (χ0n) is 12.3. The normalized spacial score (nSPS) is 26.6. The molecule has 1 fully saturated rings. The maximum absolute atomic E-state index is 11.9. The van der Waals surface area contributed by atoms with E-state index in [-0.39, 0.29) is 18.0 Å². The Morgan fingerprint density at radius 3 is 2.85 bits per heavy atom. The number of aryl methyl sites for hydroxylation is 1. The number of nitrogens with zero attached hydrogens (tertiary/aromatic N) is 2. The van der Waals surface area contributed by atoms with Crippen molar-refractivity contribution in [1.29, 1.82) is 0 Å². The molecule has 2 unspecified atom stereocenters. The summed E-state index contributed by atoms with van der Waals surface area (Å²) in [5.41, 5.74) is 10.1. The number of benzene rings is 1. The number of piperidine rings is 1. The highest BCUT2D eigenvalue weighted by atomic mass is 16.2. The summed E-state index contributed by atoms with van der Waals surface area (Å²) in [5, 5.41) is 0. The molecule has 1 amide bonds. The van der Waals surface area contributed by atoms with Crippen LogP contribution in [-0.4, -0.2) is 37.5 Å². The number of anilines is 1. The van der Waals surface area contributed by atoms with Crippen LogP contribution in [0.5, 0.6) is 0 Å². The van der Waals surface area contributed by atoms with Crippen molar-refractivity contribution in [3.05, 3.63) is 29.3 Å². The van der Waals surface area contributed by atoms with Gasteiger partial charge in [-0.15, -0.1) is 0 Å². The first kappa shape index (κ1) is 13.4. The number of hydrogen-bond donors (Lipinski definition) is 1. The van der Waals surface area contributed by atoms with Crippen LogP contribution in [0, 0.1) is 0 Å². The molecular weight excluding hydrogens is 250 g/mol. The van der Waals surface area contributed by atoms with Gasteiger partial charge in [-0.1, -0.05) is 12.1 Å².